The molecule has 1 aliphatic heterocycles. The van der Waals surface area contributed by atoms with Crippen LogP contribution in [-0.2, 0) is 25.7 Å². The third-order valence-corrected chi connectivity index (χ3v) is 6.45. The van der Waals surface area contributed by atoms with Crippen LogP contribution in [-0.4, -0.2) is 75.9 Å². The van der Waals surface area contributed by atoms with Crippen molar-refractivity contribution in [2.24, 2.45) is 0 Å². The number of carboxylic acids is 1. The lowest BCUT2D eigenvalue weighted by atomic mass is 9.88. The molecule has 2 aromatic carbocycles. The Morgan fingerprint density at radius 3 is 2.24 bits per heavy atom. The number of benzene rings is 2. The fourth-order valence-electron chi connectivity index (χ4n) is 3.96. The van der Waals surface area contributed by atoms with Gasteiger partial charge in [0.15, 0.2) is 0 Å². The Morgan fingerprint density at radius 1 is 1.11 bits per heavy atom. The van der Waals surface area contributed by atoms with E-state index in [-0.39, 0.29) is 12.2 Å². The van der Waals surface area contributed by atoms with Gasteiger partial charge in [-0.25, -0.2) is 0 Å². The summed E-state index contributed by atoms with van der Waals surface area (Å²) in [5, 5.41) is 50.2. The smallest absolute Gasteiger partial charge is 0.251 e. The zero-order valence-electron chi connectivity index (χ0n) is 20.2. The summed E-state index contributed by atoms with van der Waals surface area (Å²) >= 11 is 11.7. The van der Waals surface area contributed by atoms with E-state index < -0.39 is 67.0 Å². The van der Waals surface area contributed by atoms with Gasteiger partial charge in [0.05, 0.1) is 24.9 Å². The van der Waals surface area contributed by atoms with E-state index >= 15 is 0 Å². The van der Waals surface area contributed by atoms with Gasteiger partial charge in [0.25, 0.3) is 5.91 Å². The van der Waals surface area contributed by atoms with E-state index in [9.17, 15) is 34.8 Å². The average Bonchev–Trinajstić information content (AvgIpc) is 2.87. The first-order valence-corrected chi connectivity index (χ1v) is 12.3. The Morgan fingerprint density at radius 2 is 1.68 bits per heavy atom. The highest BCUT2D eigenvalue weighted by atomic mass is 35.5. The van der Waals surface area contributed by atoms with Gasteiger partial charge in [0, 0.05) is 35.5 Å². The standard InChI is InChI=1S/C25H28Cl2N2O9/c1-13(30)29-20-18(31)10-25(24(35)36,37-12-14-2-6-16(26)7-3-14)38-22(20)21(33)19(32)11-28-23(34)15-4-8-17(27)9-5-15/h2-9,18-22,31-33H,10-12H2,1H3,(H,28,34)(H,29,30)(H,35,36)/p-1/t18-,19+,20+,21+,22+,25-/m0/s1. The van der Waals surface area contributed by atoms with Crippen LogP contribution in [0.2, 0.25) is 10.0 Å². The first-order chi connectivity index (χ1) is 17.9. The molecule has 206 valence electrons. The second kappa shape index (κ2) is 12.9. The van der Waals surface area contributed by atoms with Crippen molar-refractivity contribution < 1.29 is 44.3 Å². The molecule has 2 aromatic rings. The summed E-state index contributed by atoms with van der Waals surface area (Å²) in [4.78, 5) is 36.3. The van der Waals surface area contributed by atoms with Gasteiger partial charge in [0.2, 0.25) is 11.7 Å². The Kier molecular flexibility index (Phi) is 10.1. The number of hydrogen-bond acceptors (Lipinski definition) is 9. The van der Waals surface area contributed by atoms with Crippen LogP contribution in [0.15, 0.2) is 48.5 Å². The Balaban J connectivity index is 1.78. The van der Waals surface area contributed by atoms with Crippen molar-refractivity contribution in [1.29, 1.82) is 0 Å². The van der Waals surface area contributed by atoms with Gasteiger partial charge in [0.1, 0.15) is 18.2 Å². The molecule has 2 amide bonds. The zero-order chi connectivity index (χ0) is 28.0. The lowest BCUT2D eigenvalue weighted by Crippen LogP contribution is -2.69. The number of carbonyl (C=O) groups is 3. The van der Waals surface area contributed by atoms with Crippen molar-refractivity contribution in [3.63, 3.8) is 0 Å². The van der Waals surface area contributed by atoms with E-state index in [0.29, 0.717) is 15.6 Å². The van der Waals surface area contributed by atoms with Crippen molar-refractivity contribution >= 4 is 41.0 Å². The van der Waals surface area contributed by atoms with Crippen molar-refractivity contribution in [3.8, 4) is 0 Å². The summed E-state index contributed by atoms with van der Waals surface area (Å²) in [7, 11) is 0. The number of halogens is 2. The van der Waals surface area contributed by atoms with E-state index in [1.54, 1.807) is 24.3 Å². The average molecular weight is 570 g/mol. The van der Waals surface area contributed by atoms with E-state index in [0.717, 1.165) is 6.92 Å². The van der Waals surface area contributed by atoms with E-state index in [1.165, 1.54) is 24.3 Å². The van der Waals surface area contributed by atoms with Gasteiger partial charge in [-0.15, -0.1) is 0 Å². The van der Waals surface area contributed by atoms with Gasteiger partial charge in [-0.05, 0) is 42.0 Å². The van der Waals surface area contributed by atoms with Crippen LogP contribution >= 0.6 is 23.2 Å². The van der Waals surface area contributed by atoms with Crippen LogP contribution in [0.1, 0.15) is 29.3 Å². The number of carboxylic acid groups (broad SMARTS) is 1. The molecule has 0 aliphatic carbocycles. The molecule has 13 heteroatoms. The predicted octanol–water partition coefficient (Wildman–Crippen LogP) is -0.237. The first kappa shape index (κ1) is 29.8. The molecule has 1 fully saturated rings. The molecule has 3 rings (SSSR count). The van der Waals surface area contributed by atoms with Crippen molar-refractivity contribution in [3.05, 3.63) is 69.7 Å². The molecule has 1 saturated heterocycles. The maximum atomic E-state index is 12.4. The number of aliphatic carboxylic acids is 1. The molecule has 6 atom stereocenters. The third kappa shape index (κ3) is 7.41. The Labute approximate surface area is 228 Å². The predicted molar refractivity (Wildman–Crippen MR) is 133 cm³/mol. The van der Waals surface area contributed by atoms with E-state index in [2.05, 4.69) is 10.6 Å². The highest BCUT2D eigenvalue weighted by molar-refractivity contribution is 6.30. The molecule has 5 N–H and O–H groups in total. The number of aliphatic hydroxyl groups excluding tert-OH is 3. The van der Waals surface area contributed by atoms with Gasteiger partial charge in [-0.3, -0.25) is 9.59 Å². The number of nitrogens with one attached hydrogen (secondary N) is 2. The summed E-state index contributed by atoms with van der Waals surface area (Å²) < 4.78 is 11.2. The fourth-order valence-corrected chi connectivity index (χ4v) is 4.21. The SMILES string of the molecule is CC(=O)N[C@H]1[C@H]([C@H](O)[C@H](O)CNC(=O)c2ccc(Cl)cc2)O[C@](OCc2ccc(Cl)cc2)(C(=O)[O-])C[C@@H]1O. The number of ether oxygens (including phenoxy) is 2. The minimum Gasteiger partial charge on any atom is -0.544 e. The maximum absolute atomic E-state index is 12.4. The molecule has 0 saturated carbocycles. The van der Waals surface area contributed by atoms with Crippen LogP contribution in [0.25, 0.3) is 0 Å². The van der Waals surface area contributed by atoms with Crippen molar-refractivity contribution in [2.75, 3.05) is 6.54 Å². The number of amides is 2. The van der Waals surface area contributed by atoms with E-state index in [4.69, 9.17) is 32.7 Å². The van der Waals surface area contributed by atoms with Gasteiger partial charge < -0.3 is 45.3 Å². The summed E-state index contributed by atoms with van der Waals surface area (Å²) in [5.41, 5.74) is 0.766. The molecule has 11 nitrogen and oxygen atoms in total. The minimum absolute atomic E-state index is 0.239. The third-order valence-electron chi connectivity index (χ3n) is 5.95. The van der Waals surface area contributed by atoms with Gasteiger partial charge >= 0.3 is 0 Å². The quantitative estimate of drug-likeness (QED) is 0.258. The second-order valence-corrected chi connectivity index (χ2v) is 9.68. The zero-order valence-corrected chi connectivity index (χ0v) is 21.7. The number of hydrogen-bond donors (Lipinski definition) is 5. The normalized spacial score (nSPS) is 24.7. The molecule has 0 spiro atoms. The fraction of sp³-hybridized carbons (Fsp3) is 0.400. The molecular formula is C25H27Cl2N2O9-. The van der Waals surface area contributed by atoms with Crippen molar-refractivity contribution in [2.45, 2.75) is 56.2 Å². The molecule has 1 heterocycles. The molecule has 1 aliphatic rings. The molecule has 0 bridgehead atoms. The number of carbonyl (C=O) groups excluding carboxylic acids is 3. The van der Waals surface area contributed by atoms with Crippen LogP contribution in [0.5, 0.6) is 0 Å². The van der Waals surface area contributed by atoms with Crippen molar-refractivity contribution in [1.82, 2.24) is 10.6 Å². The van der Waals surface area contributed by atoms with Crippen LogP contribution in [0.3, 0.4) is 0 Å². The largest absolute Gasteiger partial charge is 0.544 e. The lowest BCUT2D eigenvalue weighted by molar-refractivity contribution is -0.383. The molecule has 38 heavy (non-hydrogen) atoms. The first-order valence-electron chi connectivity index (χ1n) is 11.5. The topological polar surface area (TPSA) is 177 Å². The highest BCUT2D eigenvalue weighted by Crippen LogP contribution is 2.34. The number of rotatable bonds is 10. The highest BCUT2D eigenvalue weighted by Gasteiger charge is 2.52. The summed E-state index contributed by atoms with van der Waals surface area (Å²) in [6.07, 6.45) is -7.49. The number of aliphatic hydroxyl groups is 3. The summed E-state index contributed by atoms with van der Waals surface area (Å²) in [6, 6.07) is 10.9. The van der Waals surface area contributed by atoms with Crippen LogP contribution in [0.4, 0.5) is 0 Å². The monoisotopic (exact) mass is 569 g/mol. The van der Waals surface area contributed by atoms with Crippen LogP contribution < -0.4 is 15.7 Å². The minimum atomic E-state index is -2.54. The summed E-state index contributed by atoms with van der Waals surface area (Å²) in [5.74, 6) is -5.56. The van der Waals surface area contributed by atoms with Crippen LogP contribution in [0, 0.1) is 0 Å². The molecule has 0 unspecified atom stereocenters. The Bertz CT molecular complexity index is 1130. The molecule has 0 aromatic heterocycles. The Hall–Kier alpha value is -2.77. The second-order valence-electron chi connectivity index (χ2n) is 8.81. The maximum Gasteiger partial charge on any atom is 0.251 e. The van der Waals surface area contributed by atoms with E-state index in [1.807, 2.05) is 0 Å². The van der Waals surface area contributed by atoms with Gasteiger partial charge in [-0.2, -0.15) is 0 Å². The molecular weight excluding hydrogens is 543 g/mol. The van der Waals surface area contributed by atoms with Gasteiger partial charge in [-0.1, -0.05) is 35.3 Å². The lowest BCUT2D eigenvalue weighted by Gasteiger charge is -2.48. The molecule has 0 radical (unpaired) electrons. The summed E-state index contributed by atoms with van der Waals surface area (Å²) in [6.45, 7) is 0.386.